The molecule has 1 aromatic carbocycles. The number of hydrogen-bond acceptors (Lipinski definition) is 9. The molecule has 1 aliphatic rings. The maximum absolute atomic E-state index is 13.1. The predicted molar refractivity (Wildman–Crippen MR) is 173 cm³/mol. The van der Waals surface area contributed by atoms with Crippen LogP contribution in [0.4, 0.5) is 11.6 Å². The number of ether oxygens (including phenoxy) is 1. The van der Waals surface area contributed by atoms with Gasteiger partial charge in [-0.2, -0.15) is 0 Å². The average molecular weight is 666 g/mol. The second-order valence-electron chi connectivity index (χ2n) is 12.6. The first-order chi connectivity index (χ1) is 21.3. The molecule has 1 unspecified atom stereocenters. The number of nitrogens with zero attached hydrogens (tertiary/aromatic N) is 5. The number of halogens is 1. The number of amides is 1. The van der Waals surface area contributed by atoms with Gasteiger partial charge in [0.1, 0.15) is 26.5 Å². The summed E-state index contributed by atoms with van der Waals surface area (Å²) in [6, 6.07) is 5.83. The van der Waals surface area contributed by atoms with Gasteiger partial charge in [-0.25, -0.2) is 19.1 Å². The lowest BCUT2D eigenvalue weighted by Gasteiger charge is -2.27. The molecule has 3 aromatic rings. The summed E-state index contributed by atoms with van der Waals surface area (Å²) in [5.41, 5.74) is 13.5. The Balaban J connectivity index is 1.52. The van der Waals surface area contributed by atoms with Crippen LogP contribution in [0.2, 0.25) is 5.15 Å². The molecular formula is C30H47ClN8O5P+. The molecule has 1 amide bonds. The monoisotopic (exact) mass is 665 g/mol. The maximum atomic E-state index is 13.1. The summed E-state index contributed by atoms with van der Waals surface area (Å²) in [5.74, 6) is 1.40. The van der Waals surface area contributed by atoms with Crippen LogP contribution >= 0.6 is 19.2 Å². The number of fused-ring (bicyclic) bond motifs is 1. The summed E-state index contributed by atoms with van der Waals surface area (Å²) >= 11 is 6.01. The van der Waals surface area contributed by atoms with Gasteiger partial charge >= 0.3 is 0 Å². The maximum Gasteiger partial charge on any atom is 0.277 e. The number of quaternary nitrogens is 1. The van der Waals surface area contributed by atoms with Crippen LogP contribution in [-0.2, 0) is 28.7 Å². The SMILES string of the molecule is CC[n+]1c(CNC(=O)c2nc(Cl)c(N)nc2N)n(CC2CCCCC2)c2cc(OCCOP(=O)([O-])CCC[N+](C)(C)C)ccc21. The number of imidazole rings is 1. The molecule has 0 spiro atoms. The number of aromatic nitrogens is 4. The molecule has 0 radical (unpaired) electrons. The highest BCUT2D eigenvalue weighted by Crippen LogP contribution is 2.37. The minimum Gasteiger partial charge on any atom is -0.778 e. The standard InChI is InChI=1S/C30H46ClN8O5P/c1-5-37-23-13-12-22(43-15-16-44-45(41,42)17-9-14-39(2,3)4)18-24(23)38(20-21-10-7-6-8-11-21)25(37)19-34-30(40)26-28(32)36-29(33)27(31)35-26/h12-13,18,21H,5-11,14-17,19-20H2,1-4H3,(H4-2,32,33,34,36,40,41,42)/p+1. The Labute approximate surface area is 270 Å². The van der Waals surface area contributed by atoms with Crippen LogP contribution in [0.1, 0.15) is 61.8 Å². The lowest BCUT2D eigenvalue weighted by Crippen LogP contribution is -2.41. The number of benzene rings is 1. The smallest absolute Gasteiger partial charge is 0.277 e. The van der Waals surface area contributed by atoms with Gasteiger partial charge in [0.2, 0.25) is 0 Å². The van der Waals surface area contributed by atoms with Crippen molar-refractivity contribution in [1.82, 2.24) is 19.9 Å². The van der Waals surface area contributed by atoms with Crippen LogP contribution < -0.4 is 31.0 Å². The van der Waals surface area contributed by atoms with Gasteiger partial charge in [0.15, 0.2) is 33.5 Å². The van der Waals surface area contributed by atoms with Crippen molar-refractivity contribution in [3.63, 3.8) is 0 Å². The van der Waals surface area contributed by atoms with Crippen molar-refractivity contribution in [2.24, 2.45) is 5.92 Å². The molecule has 1 saturated carbocycles. The van der Waals surface area contributed by atoms with Gasteiger partial charge in [0.05, 0.1) is 47.4 Å². The molecule has 248 valence electrons. The van der Waals surface area contributed by atoms with E-state index in [4.69, 9.17) is 32.3 Å². The van der Waals surface area contributed by atoms with Crippen molar-refractivity contribution in [2.75, 3.05) is 58.5 Å². The van der Waals surface area contributed by atoms with E-state index in [9.17, 15) is 14.3 Å². The summed E-state index contributed by atoms with van der Waals surface area (Å²) in [4.78, 5) is 33.4. The topological polar surface area (TPSA) is 174 Å². The van der Waals surface area contributed by atoms with E-state index in [1.807, 2.05) is 39.3 Å². The summed E-state index contributed by atoms with van der Waals surface area (Å²) in [5, 5.41) is 2.86. The number of nitrogens with one attached hydrogen (secondary N) is 1. The van der Waals surface area contributed by atoms with Gasteiger partial charge in [0, 0.05) is 18.6 Å². The highest BCUT2D eigenvalue weighted by molar-refractivity contribution is 7.51. The first-order valence-corrected chi connectivity index (χ1v) is 17.7. The van der Waals surface area contributed by atoms with Crippen molar-refractivity contribution < 1.29 is 32.6 Å². The first-order valence-electron chi connectivity index (χ1n) is 15.6. The molecule has 13 nitrogen and oxygen atoms in total. The summed E-state index contributed by atoms with van der Waals surface area (Å²) < 4.78 is 28.6. The zero-order chi connectivity index (χ0) is 32.8. The predicted octanol–water partition coefficient (Wildman–Crippen LogP) is 3.11. The van der Waals surface area contributed by atoms with Crippen LogP contribution in [0.15, 0.2) is 18.2 Å². The molecule has 1 atom stereocenters. The zero-order valence-corrected chi connectivity index (χ0v) is 28.4. The summed E-state index contributed by atoms with van der Waals surface area (Å²) in [7, 11) is 2.14. The van der Waals surface area contributed by atoms with E-state index in [1.54, 1.807) is 0 Å². The fourth-order valence-corrected chi connectivity index (χ4v) is 6.96. The van der Waals surface area contributed by atoms with Gasteiger partial charge in [-0.05, 0) is 37.8 Å². The van der Waals surface area contributed by atoms with Gasteiger partial charge in [0.25, 0.3) is 11.7 Å². The highest BCUT2D eigenvalue weighted by atomic mass is 35.5. The minimum atomic E-state index is -3.93. The molecule has 2 aromatic heterocycles. The molecule has 45 heavy (non-hydrogen) atoms. The van der Waals surface area contributed by atoms with E-state index in [-0.39, 0.29) is 48.4 Å². The van der Waals surface area contributed by atoms with Crippen molar-refractivity contribution in [3.05, 3.63) is 34.9 Å². The van der Waals surface area contributed by atoms with Crippen molar-refractivity contribution >= 4 is 47.8 Å². The quantitative estimate of drug-likeness (QED) is 0.0954. The Morgan fingerprint density at radius 3 is 2.60 bits per heavy atom. The van der Waals surface area contributed by atoms with Crippen molar-refractivity contribution in [1.29, 1.82) is 0 Å². The van der Waals surface area contributed by atoms with Gasteiger partial charge in [-0.15, -0.1) is 0 Å². The molecule has 4 rings (SSSR count). The number of nitrogens with two attached hydrogens (primary N) is 2. The molecule has 0 aliphatic heterocycles. The largest absolute Gasteiger partial charge is 0.778 e. The second-order valence-corrected chi connectivity index (χ2v) is 14.9. The van der Waals surface area contributed by atoms with Crippen molar-refractivity contribution in [3.8, 4) is 5.75 Å². The number of carbonyl (C=O) groups excluding carboxylic acids is 1. The van der Waals surface area contributed by atoms with Crippen LogP contribution in [0.5, 0.6) is 5.75 Å². The van der Waals surface area contributed by atoms with E-state index in [0.29, 0.717) is 29.1 Å². The second kappa shape index (κ2) is 15.1. The number of aryl methyl sites for hydroxylation is 1. The van der Waals surface area contributed by atoms with E-state index >= 15 is 0 Å². The number of rotatable bonds is 15. The lowest BCUT2D eigenvalue weighted by atomic mass is 9.89. The Kier molecular flexibility index (Phi) is 11.7. The van der Waals surface area contributed by atoms with Crippen molar-refractivity contribution in [2.45, 2.75) is 65.1 Å². The van der Waals surface area contributed by atoms with E-state index in [2.05, 4.69) is 31.3 Å². The Morgan fingerprint density at radius 2 is 1.91 bits per heavy atom. The van der Waals surface area contributed by atoms with E-state index < -0.39 is 13.5 Å². The number of anilines is 2. The van der Waals surface area contributed by atoms with Gasteiger partial charge in [-0.1, -0.05) is 30.9 Å². The average Bonchev–Trinajstić information content (AvgIpc) is 3.27. The van der Waals surface area contributed by atoms with Crippen LogP contribution in [0, 0.1) is 5.92 Å². The summed E-state index contributed by atoms with van der Waals surface area (Å²) in [6.07, 6.45) is 6.48. The zero-order valence-electron chi connectivity index (χ0n) is 26.8. The van der Waals surface area contributed by atoms with Gasteiger partial charge < -0.3 is 40.0 Å². The van der Waals surface area contributed by atoms with E-state index in [1.165, 1.54) is 19.3 Å². The highest BCUT2D eigenvalue weighted by Gasteiger charge is 2.29. The van der Waals surface area contributed by atoms with Crippen LogP contribution in [0.25, 0.3) is 11.0 Å². The first kappa shape index (κ1) is 34.9. The molecule has 1 fully saturated rings. The van der Waals surface area contributed by atoms with Gasteiger partial charge in [-0.3, -0.25) is 4.79 Å². The fraction of sp³-hybridized carbons (Fsp3) is 0.600. The third kappa shape index (κ3) is 9.52. The van der Waals surface area contributed by atoms with E-state index in [0.717, 1.165) is 42.8 Å². The number of carbonyl (C=O) groups is 1. The molecule has 0 saturated heterocycles. The minimum absolute atomic E-state index is 0.00400. The molecule has 0 bridgehead atoms. The van der Waals surface area contributed by atoms with Crippen LogP contribution in [-0.4, -0.2) is 72.0 Å². The third-order valence-electron chi connectivity index (χ3n) is 8.06. The Morgan fingerprint density at radius 1 is 1.18 bits per heavy atom. The van der Waals surface area contributed by atoms with Crippen LogP contribution in [0.3, 0.4) is 0 Å². The normalized spacial score (nSPS) is 15.7. The summed E-state index contributed by atoms with van der Waals surface area (Å²) in [6.45, 7) is 4.53. The molecule has 2 heterocycles. The third-order valence-corrected chi connectivity index (χ3v) is 9.78. The number of hydrogen-bond donors (Lipinski definition) is 3. The Bertz CT molecular complexity index is 1540. The Hall–Kier alpha value is -2.96. The molecular weight excluding hydrogens is 619 g/mol. The fourth-order valence-electron chi connectivity index (χ4n) is 5.83. The molecule has 15 heteroatoms. The molecule has 1 aliphatic carbocycles. The number of nitrogen functional groups attached to an aromatic ring is 2. The lowest BCUT2D eigenvalue weighted by molar-refractivity contribution is -0.870. The molecule has 5 N–H and O–H groups in total.